The van der Waals surface area contributed by atoms with Crippen molar-refractivity contribution >= 4 is 27.6 Å². The van der Waals surface area contributed by atoms with Crippen molar-refractivity contribution in [2.75, 3.05) is 5.73 Å². The Balaban J connectivity index is 1.83. The van der Waals surface area contributed by atoms with Crippen LogP contribution in [0.25, 0.3) is 32.9 Å². The molecule has 0 radical (unpaired) electrons. The number of benzene rings is 1. The molecule has 2 N–H and O–H groups in total. The van der Waals surface area contributed by atoms with Gasteiger partial charge in [0.1, 0.15) is 23.9 Å². The standard InChI is InChI=1S/C22H18N6O2/c1-12-9-14(7-8-24-12)18-15-5-3-4-6-16(15)22(29)30-19(18)13(2)28-21-17(10-27-28)20(23)25-11-26-21/h3-11,13H,1-2H3,(H2,23,25,26). The molecule has 0 bridgehead atoms. The summed E-state index contributed by atoms with van der Waals surface area (Å²) in [4.78, 5) is 25.4. The third-order valence-electron chi connectivity index (χ3n) is 5.22. The van der Waals surface area contributed by atoms with Crippen LogP contribution in [0.15, 0.2) is 64.3 Å². The average Bonchev–Trinajstić information content (AvgIpc) is 3.19. The van der Waals surface area contributed by atoms with E-state index in [4.69, 9.17) is 10.2 Å². The van der Waals surface area contributed by atoms with Crippen molar-refractivity contribution in [2.45, 2.75) is 19.9 Å². The number of rotatable bonds is 3. The summed E-state index contributed by atoms with van der Waals surface area (Å²) in [6.45, 7) is 3.84. The zero-order chi connectivity index (χ0) is 20.8. The number of aromatic nitrogens is 5. The molecule has 5 rings (SSSR count). The van der Waals surface area contributed by atoms with Gasteiger partial charge in [-0.05, 0) is 37.6 Å². The lowest BCUT2D eigenvalue weighted by atomic mass is 9.96. The van der Waals surface area contributed by atoms with E-state index < -0.39 is 11.7 Å². The van der Waals surface area contributed by atoms with E-state index in [1.807, 2.05) is 44.2 Å². The molecule has 1 atom stereocenters. The number of fused-ring (bicyclic) bond motifs is 2. The number of hydrogen-bond donors (Lipinski definition) is 1. The van der Waals surface area contributed by atoms with Crippen LogP contribution in [-0.2, 0) is 0 Å². The third kappa shape index (κ3) is 2.73. The fourth-order valence-corrected chi connectivity index (χ4v) is 3.79. The van der Waals surface area contributed by atoms with Gasteiger partial charge in [-0.25, -0.2) is 19.4 Å². The molecule has 8 nitrogen and oxygen atoms in total. The lowest BCUT2D eigenvalue weighted by Crippen LogP contribution is -2.14. The Morgan fingerprint density at radius 2 is 1.87 bits per heavy atom. The molecule has 4 heterocycles. The van der Waals surface area contributed by atoms with Crippen LogP contribution in [0.3, 0.4) is 0 Å². The number of anilines is 1. The van der Waals surface area contributed by atoms with Crippen LogP contribution < -0.4 is 11.4 Å². The van der Waals surface area contributed by atoms with Gasteiger partial charge in [0, 0.05) is 22.8 Å². The van der Waals surface area contributed by atoms with Gasteiger partial charge in [0.15, 0.2) is 5.65 Å². The molecule has 0 aliphatic heterocycles. The number of hydrogen-bond acceptors (Lipinski definition) is 7. The molecule has 0 saturated carbocycles. The summed E-state index contributed by atoms with van der Waals surface area (Å²) in [5.74, 6) is 0.842. The van der Waals surface area contributed by atoms with Crippen LogP contribution >= 0.6 is 0 Å². The van der Waals surface area contributed by atoms with Gasteiger partial charge in [-0.3, -0.25) is 4.98 Å². The lowest BCUT2D eigenvalue weighted by Gasteiger charge is -2.18. The summed E-state index contributed by atoms with van der Waals surface area (Å²) in [7, 11) is 0. The summed E-state index contributed by atoms with van der Waals surface area (Å²) in [6, 6.07) is 10.9. The monoisotopic (exact) mass is 398 g/mol. The molecule has 0 aliphatic carbocycles. The van der Waals surface area contributed by atoms with Crippen LogP contribution in [0.5, 0.6) is 0 Å². The Kier molecular flexibility index (Phi) is 4.06. The fraction of sp³-hybridized carbons (Fsp3) is 0.136. The van der Waals surface area contributed by atoms with Crippen molar-refractivity contribution in [1.82, 2.24) is 24.7 Å². The van der Waals surface area contributed by atoms with E-state index >= 15 is 0 Å². The van der Waals surface area contributed by atoms with Gasteiger partial charge in [-0.1, -0.05) is 18.2 Å². The van der Waals surface area contributed by atoms with E-state index in [-0.39, 0.29) is 0 Å². The second-order valence-corrected chi connectivity index (χ2v) is 7.12. The number of aryl methyl sites for hydroxylation is 1. The van der Waals surface area contributed by atoms with Crippen molar-refractivity contribution in [2.24, 2.45) is 0 Å². The Hall–Kier alpha value is -4.07. The number of nitrogens with zero attached hydrogens (tertiary/aromatic N) is 5. The van der Waals surface area contributed by atoms with Gasteiger partial charge < -0.3 is 10.2 Å². The maximum Gasteiger partial charge on any atom is 0.343 e. The number of nitrogen functional groups attached to an aromatic ring is 1. The molecular formula is C22H18N6O2. The molecule has 0 aliphatic rings. The predicted molar refractivity (Wildman–Crippen MR) is 114 cm³/mol. The Labute approximate surface area is 171 Å². The van der Waals surface area contributed by atoms with E-state index in [1.54, 1.807) is 23.1 Å². The quantitative estimate of drug-likeness (QED) is 0.495. The van der Waals surface area contributed by atoms with E-state index in [2.05, 4.69) is 20.1 Å². The highest BCUT2D eigenvalue weighted by Gasteiger charge is 2.24. The zero-order valence-corrected chi connectivity index (χ0v) is 16.4. The number of pyridine rings is 1. The normalized spacial score (nSPS) is 12.5. The minimum Gasteiger partial charge on any atom is -0.424 e. The van der Waals surface area contributed by atoms with E-state index in [1.165, 1.54) is 6.33 Å². The van der Waals surface area contributed by atoms with Crippen LogP contribution in [0.2, 0.25) is 0 Å². The molecule has 5 aromatic rings. The summed E-state index contributed by atoms with van der Waals surface area (Å²) in [6.07, 6.45) is 4.76. The average molecular weight is 398 g/mol. The highest BCUT2D eigenvalue weighted by Crippen LogP contribution is 2.36. The molecule has 1 aromatic carbocycles. The van der Waals surface area contributed by atoms with E-state index in [0.717, 1.165) is 22.2 Å². The van der Waals surface area contributed by atoms with Gasteiger partial charge >= 0.3 is 5.63 Å². The first-order valence-electron chi connectivity index (χ1n) is 9.47. The minimum atomic E-state index is -0.419. The summed E-state index contributed by atoms with van der Waals surface area (Å²) in [5, 5.41) is 6.44. The third-order valence-corrected chi connectivity index (χ3v) is 5.22. The van der Waals surface area contributed by atoms with Crippen molar-refractivity contribution in [3.05, 3.63) is 77.0 Å². The van der Waals surface area contributed by atoms with Gasteiger partial charge in [0.05, 0.1) is 17.0 Å². The summed E-state index contributed by atoms with van der Waals surface area (Å²) in [5.41, 5.74) is 8.74. The summed E-state index contributed by atoms with van der Waals surface area (Å²) < 4.78 is 7.56. The summed E-state index contributed by atoms with van der Waals surface area (Å²) >= 11 is 0. The molecule has 0 amide bonds. The maximum absolute atomic E-state index is 12.8. The first-order valence-corrected chi connectivity index (χ1v) is 9.47. The largest absolute Gasteiger partial charge is 0.424 e. The van der Waals surface area contributed by atoms with Gasteiger partial charge in [-0.2, -0.15) is 5.10 Å². The first kappa shape index (κ1) is 18.0. The minimum absolute atomic E-state index is 0.350. The predicted octanol–water partition coefficient (Wildman–Crippen LogP) is 3.49. The molecule has 8 heteroatoms. The highest BCUT2D eigenvalue weighted by molar-refractivity contribution is 5.97. The Bertz CT molecular complexity index is 1470. The molecule has 148 valence electrons. The molecule has 0 saturated heterocycles. The van der Waals surface area contributed by atoms with Crippen molar-refractivity contribution in [3.63, 3.8) is 0 Å². The van der Waals surface area contributed by atoms with Crippen LogP contribution in [-0.4, -0.2) is 24.7 Å². The van der Waals surface area contributed by atoms with Gasteiger partial charge in [-0.15, -0.1) is 0 Å². The molecule has 4 aromatic heterocycles. The van der Waals surface area contributed by atoms with Crippen LogP contribution in [0.4, 0.5) is 5.82 Å². The molecule has 0 fully saturated rings. The SMILES string of the molecule is Cc1cc(-c2c(C(C)n3ncc4c(N)ncnc43)oc(=O)c3ccccc23)ccn1. The van der Waals surface area contributed by atoms with E-state index in [9.17, 15) is 4.79 Å². The zero-order valence-electron chi connectivity index (χ0n) is 16.4. The van der Waals surface area contributed by atoms with Gasteiger partial charge in [0.2, 0.25) is 0 Å². The maximum atomic E-state index is 12.8. The lowest BCUT2D eigenvalue weighted by molar-refractivity contribution is 0.405. The second-order valence-electron chi connectivity index (χ2n) is 7.12. The second kappa shape index (κ2) is 6.77. The molecule has 1 unspecified atom stereocenters. The fourth-order valence-electron chi connectivity index (χ4n) is 3.79. The first-order chi connectivity index (χ1) is 14.5. The Morgan fingerprint density at radius 1 is 1.07 bits per heavy atom. The van der Waals surface area contributed by atoms with Crippen molar-refractivity contribution < 1.29 is 4.42 Å². The smallest absolute Gasteiger partial charge is 0.343 e. The molecular weight excluding hydrogens is 380 g/mol. The topological polar surface area (TPSA) is 113 Å². The molecule has 30 heavy (non-hydrogen) atoms. The van der Waals surface area contributed by atoms with E-state index in [0.29, 0.717) is 28.0 Å². The van der Waals surface area contributed by atoms with Crippen LogP contribution in [0, 0.1) is 6.92 Å². The highest BCUT2D eigenvalue weighted by atomic mass is 16.4. The Morgan fingerprint density at radius 3 is 2.67 bits per heavy atom. The van der Waals surface area contributed by atoms with Crippen molar-refractivity contribution in [3.8, 4) is 11.1 Å². The van der Waals surface area contributed by atoms with Gasteiger partial charge in [0.25, 0.3) is 0 Å². The molecule has 0 spiro atoms. The van der Waals surface area contributed by atoms with Crippen LogP contribution in [0.1, 0.15) is 24.4 Å². The number of nitrogens with two attached hydrogens (primary N) is 1. The van der Waals surface area contributed by atoms with Crippen molar-refractivity contribution in [1.29, 1.82) is 0 Å².